The molecule has 3 N–H and O–H groups in total. The molecule has 0 bridgehead atoms. The van der Waals surface area contributed by atoms with Crippen LogP contribution in [-0.4, -0.2) is 7.11 Å². The second-order valence-electron chi connectivity index (χ2n) is 4.64. The van der Waals surface area contributed by atoms with Crippen molar-refractivity contribution in [2.24, 2.45) is 0 Å². The van der Waals surface area contributed by atoms with Crippen molar-refractivity contribution in [1.29, 1.82) is 0 Å². The molecule has 0 atom stereocenters. The molecule has 3 aromatic carbocycles. The molecule has 3 heteroatoms. The number of anilines is 3. The van der Waals surface area contributed by atoms with Crippen molar-refractivity contribution in [2.75, 3.05) is 18.2 Å². The van der Waals surface area contributed by atoms with Gasteiger partial charge in [-0.25, -0.2) is 0 Å². The van der Waals surface area contributed by atoms with Crippen LogP contribution >= 0.6 is 0 Å². The molecule has 0 fully saturated rings. The third kappa shape index (κ3) is 2.38. The van der Waals surface area contributed by atoms with Crippen LogP contribution in [0.15, 0.2) is 60.7 Å². The van der Waals surface area contributed by atoms with Crippen LogP contribution < -0.4 is 15.8 Å². The van der Waals surface area contributed by atoms with Gasteiger partial charge in [-0.05, 0) is 35.0 Å². The van der Waals surface area contributed by atoms with Gasteiger partial charge in [0.1, 0.15) is 5.75 Å². The maximum Gasteiger partial charge on any atom is 0.121 e. The average molecular weight is 264 g/mol. The SMILES string of the molecule is COc1ccc(N)c(Nc2ccc3ccccc3c2)c1. The average Bonchev–Trinajstić information content (AvgIpc) is 2.49. The molecule has 0 aliphatic rings. The summed E-state index contributed by atoms with van der Waals surface area (Å²) in [6.07, 6.45) is 0. The van der Waals surface area contributed by atoms with Crippen molar-refractivity contribution in [1.82, 2.24) is 0 Å². The summed E-state index contributed by atoms with van der Waals surface area (Å²) in [5, 5.41) is 5.75. The molecule has 0 heterocycles. The van der Waals surface area contributed by atoms with Gasteiger partial charge in [-0.1, -0.05) is 30.3 Å². The van der Waals surface area contributed by atoms with E-state index in [1.54, 1.807) is 7.11 Å². The van der Waals surface area contributed by atoms with Crippen LogP contribution in [0.5, 0.6) is 5.75 Å². The molecule has 0 amide bonds. The van der Waals surface area contributed by atoms with Crippen molar-refractivity contribution < 1.29 is 4.74 Å². The highest BCUT2D eigenvalue weighted by molar-refractivity contribution is 5.87. The summed E-state index contributed by atoms with van der Waals surface area (Å²) < 4.78 is 5.22. The number of benzene rings is 3. The second kappa shape index (κ2) is 5.13. The Hall–Kier alpha value is -2.68. The van der Waals surface area contributed by atoms with E-state index in [-0.39, 0.29) is 0 Å². The summed E-state index contributed by atoms with van der Waals surface area (Å²) in [6, 6.07) is 20.1. The lowest BCUT2D eigenvalue weighted by molar-refractivity contribution is 0.415. The van der Waals surface area contributed by atoms with Gasteiger partial charge in [0.25, 0.3) is 0 Å². The Bertz CT molecular complexity index is 753. The maximum absolute atomic E-state index is 5.99. The van der Waals surface area contributed by atoms with Crippen molar-refractivity contribution in [3.63, 3.8) is 0 Å². The third-order valence-electron chi connectivity index (χ3n) is 3.29. The van der Waals surface area contributed by atoms with Crippen LogP contribution in [0.3, 0.4) is 0 Å². The molecular formula is C17H16N2O. The summed E-state index contributed by atoms with van der Waals surface area (Å²) in [5.74, 6) is 0.780. The predicted molar refractivity (Wildman–Crippen MR) is 84.6 cm³/mol. The van der Waals surface area contributed by atoms with E-state index in [4.69, 9.17) is 10.5 Å². The van der Waals surface area contributed by atoms with Crippen molar-refractivity contribution >= 4 is 27.8 Å². The Morgan fingerprint density at radius 2 is 1.70 bits per heavy atom. The molecule has 0 aliphatic heterocycles. The fraction of sp³-hybridized carbons (Fsp3) is 0.0588. The van der Waals surface area contributed by atoms with Crippen LogP contribution in [-0.2, 0) is 0 Å². The molecule has 0 aromatic heterocycles. The minimum Gasteiger partial charge on any atom is -0.497 e. The molecular weight excluding hydrogens is 248 g/mol. The van der Waals surface area contributed by atoms with Gasteiger partial charge in [-0.15, -0.1) is 0 Å². The Morgan fingerprint density at radius 3 is 2.50 bits per heavy atom. The number of fused-ring (bicyclic) bond motifs is 1. The molecule has 0 aliphatic carbocycles. The molecule has 3 rings (SSSR count). The van der Waals surface area contributed by atoms with E-state index >= 15 is 0 Å². The molecule has 3 nitrogen and oxygen atoms in total. The van der Waals surface area contributed by atoms with Crippen molar-refractivity contribution in [3.05, 3.63) is 60.7 Å². The lowest BCUT2D eigenvalue weighted by Crippen LogP contribution is -1.97. The number of ether oxygens (including phenoxy) is 1. The highest BCUT2D eigenvalue weighted by Crippen LogP contribution is 2.29. The van der Waals surface area contributed by atoms with Gasteiger partial charge < -0.3 is 15.8 Å². The molecule has 100 valence electrons. The number of nitrogen functional groups attached to an aromatic ring is 1. The molecule has 20 heavy (non-hydrogen) atoms. The number of methoxy groups -OCH3 is 1. The van der Waals surface area contributed by atoms with Gasteiger partial charge in [-0.3, -0.25) is 0 Å². The number of hydrogen-bond acceptors (Lipinski definition) is 3. The first-order chi connectivity index (χ1) is 9.76. The summed E-state index contributed by atoms with van der Waals surface area (Å²) in [4.78, 5) is 0. The van der Waals surface area contributed by atoms with Gasteiger partial charge in [0.2, 0.25) is 0 Å². The molecule has 0 spiro atoms. The number of nitrogens with one attached hydrogen (secondary N) is 1. The van der Waals surface area contributed by atoms with E-state index < -0.39 is 0 Å². The fourth-order valence-electron chi connectivity index (χ4n) is 2.19. The highest BCUT2D eigenvalue weighted by atomic mass is 16.5. The lowest BCUT2D eigenvalue weighted by atomic mass is 10.1. The summed E-state index contributed by atoms with van der Waals surface area (Å²) in [7, 11) is 1.64. The zero-order chi connectivity index (χ0) is 13.9. The number of rotatable bonds is 3. The molecule has 0 radical (unpaired) electrons. The maximum atomic E-state index is 5.99. The molecule has 0 saturated carbocycles. The first-order valence-electron chi connectivity index (χ1n) is 6.45. The topological polar surface area (TPSA) is 47.3 Å². The van der Waals surface area contributed by atoms with Crippen molar-refractivity contribution in [3.8, 4) is 5.75 Å². The van der Waals surface area contributed by atoms with Crippen LogP contribution in [0.4, 0.5) is 17.1 Å². The minimum atomic E-state index is 0.693. The van der Waals surface area contributed by atoms with Crippen molar-refractivity contribution in [2.45, 2.75) is 0 Å². The van der Waals surface area contributed by atoms with E-state index in [1.807, 2.05) is 36.4 Å². The predicted octanol–water partition coefficient (Wildman–Crippen LogP) is 4.17. The first kappa shape index (κ1) is 12.4. The Kier molecular flexibility index (Phi) is 3.17. The van der Waals surface area contributed by atoms with Crippen LogP contribution in [0, 0.1) is 0 Å². The van der Waals surface area contributed by atoms with E-state index in [9.17, 15) is 0 Å². The van der Waals surface area contributed by atoms with Gasteiger partial charge in [-0.2, -0.15) is 0 Å². The van der Waals surface area contributed by atoms with Gasteiger partial charge in [0.05, 0.1) is 18.5 Å². The Balaban J connectivity index is 1.96. The fourth-order valence-corrected chi connectivity index (χ4v) is 2.19. The smallest absolute Gasteiger partial charge is 0.121 e. The summed E-state index contributed by atoms with van der Waals surface area (Å²) in [6.45, 7) is 0. The largest absolute Gasteiger partial charge is 0.497 e. The first-order valence-corrected chi connectivity index (χ1v) is 6.45. The zero-order valence-electron chi connectivity index (χ0n) is 11.3. The third-order valence-corrected chi connectivity index (χ3v) is 3.29. The second-order valence-corrected chi connectivity index (χ2v) is 4.64. The monoisotopic (exact) mass is 264 g/mol. The van der Waals surface area contributed by atoms with Crippen LogP contribution in [0.25, 0.3) is 10.8 Å². The van der Waals surface area contributed by atoms with Crippen LogP contribution in [0.1, 0.15) is 0 Å². The molecule has 3 aromatic rings. The van der Waals surface area contributed by atoms with Crippen LogP contribution in [0.2, 0.25) is 0 Å². The lowest BCUT2D eigenvalue weighted by Gasteiger charge is -2.11. The Morgan fingerprint density at radius 1 is 0.900 bits per heavy atom. The molecule has 0 saturated heterocycles. The summed E-state index contributed by atoms with van der Waals surface area (Å²) in [5.41, 5.74) is 8.53. The highest BCUT2D eigenvalue weighted by Gasteiger charge is 2.03. The normalized spacial score (nSPS) is 10.4. The van der Waals surface area contributed by atoms with Gasteiger partial charge in [0, 0.05) is 11.8 Å². The number of nitrogens with two attached hydrogens (primary N) is 1. The molecule has 0 unspecified atom stereocenters. The van der Waals surface area contributed by atoms with E-state index in [1.165, 1.54) is 10.8 Å². The standard InChI is InChI=1S/C17H16N2O/c1-20-15-8-9-16(18)17(11-15)19-14-7-6-12-4-2-3-5-13(12)10-14/h2-11,19H,18H2,1H3. The minimum absolute atomic E-state index is 0.693. The van der Waals surface area contributed by atoms with Gasteiger partial charge in [0.15, 0.2) is 0 Å². The zero-order valence-corrected chi connectivity index (χ0v) is 11.3. The Labute approximate surface area is 118 Å². The van der Waals surface area contributed by atoms with E-state index in [0.29, 0.717) is 5.69 Å². The van der Waals surface area contributed by atoms with E-state index in [0.717, 1.165) is 17.1 Å². The summed E-state index contributed by atoms with van der Waals surface area (Å²) >= 11 is 0. The quantitative estimate of drug-likeness (QED) is 0.698. The number of hydrogen-bond donors (Lipinski definition) is 2. The van der Waals surface area contributed by atoms with E-state index in [2.05, 4.69) is 29.6 Å². The van der Waals surface area contributed by atoms with Gasteiger partial charge >= 0.3 is 0 Å².